The van der Waals surface area contributed by atoms with Crippen LogP contribution >= 0.6 is 0 Å². The van der Waals surface area contributed by atoms with Crippen molar-refractivity contribution in [2.24, 2.45) is 0 Å². The second-order valence-corrected chi connectivity index (χ2v) is 3.43. The lowest BCUT2D eigenvalue weighted by molar-refractivity contribution is 0.118. The van der Waals surface area contributed by atoms with Crippen molar-refractivity contribution in [2.45, 2.75) is 25.7 Å². The summed E-state index contributed by atoms with van der Waals surface area (Å²) in [6, 6.07) is 0.254. The van der Waals surface area contributed by atoms with E-state index >= 15 is 0 Å². The molecule has 0 atom stereocenters. The minimum atomic E-state index is -4.58. The third-order valence-corrected chi connectivity index (χ3v) is 2.20. The van der Waals surface area contributed by atoms with Crippen molar-refractivity contribution in [3.05, 3.63) is 0 Å². The monoisotopic (exact) mass is 166 g/mol. The Hall–Kier alpha value is -0.185. The van der Waals surface area contributed by atoms with E-state index in [1.165, 1.54) is 0 Å². The summed E-state index contributed by atoms with van der Waals surface area (Å²) in [7, 11) is 0. The van der Waals surface area contributed by atoms with E-state index in [9.17, 15) is 12.9 Å². The maximum absolute atomic E-state index is 12.0. The third-order valence-electron chi connectivity index (χ3n) is 2.20. The van der Waals surface area contributed by atoms with E-state index in [2.05, 4.69) is 0 Å². The highest BCUT2D eigenvalue weighted by Gasteiger charge is 2.42. The van der Waals surface area contributed by atoms with Gasteiger partial charge in [-0.3, -0.25) is 0 Å². The molecule has 1 aliphatic rings. The minimum Gasteiger partial charge on any atom is -0.449 e. The van der Waals surface area contributed by atoms with Gasteiger partial charge >= 0.3 is 6.98 Å². The Morgan fingerprint density at radius 1 is 1.27 bits per heavy atom. The van der Waals surface area contributed by atoms with Crippen LogP contribution < -0.4 is 0 Å². The molecule has 0 spiro atoms. The maximum Gasteiger partial charge on any atom is 0.483 e. The Morgan fingerprint density at radius 3 is 2.00 bits per heavy atom. The molecule has 0 unspecified atom stereocenters. The molecule has 1 nitrogen and oxygen atoms in total. The second kappa shape index (κ2) is 2.70. The molecule has 1 fully saturated rings. The van der Waals surface area contributed by atoms with Crippen LogP contribution in [0.4, 0.5) is 12.9 Å². The summed E-state index contributed by atoms with van der Waals surface area (Å²) in [6.45, 7) is -0.324. The Morgan fingerprint density at radius 2 is 1.73 bits per heavy atom. The Labute approximate surface area is 64.6 Å². The largest absolute Gasteiger partial charge is 0.483 e. The molecule has 1 aliphatic heterocycles. The molecule has 1 heterocycles. The zero-order valence-corrected chi connectivity index (χ0v) is 6.73. The average Bonchev–Trinajstić information content (AvgIpc) is 1.51. The van der Waals surface area contributed by atoms with Crippen molar-refractivity contribution in [1.82, 2.24) is 4.90 Å². The first-order valence-electron chi connectivity index (χ1n) is 3.85. The van der Waals surface area contributed by atoms with Gasteiger partial charge in [0, 0.05) is 6.04 Å². The first-order valence-corrected chi connectivity index (χ1v) is 3.85. The quantitative estimate of drug-likeness (QED) is 0.566. The van der Waals surface area contributed by atoms with Gasteiger partial charge in [-0.15, -0.1) is 0 Å². The van der Waals surface area contributed by atoms with Crippen molar-refractivity contribution < 1.29 is 12.9 Å². The van der Waals surface area contributed by atoms with Crippen LogP contribution in [0, 0.1) is 0 Å². The molecular formula is C6H12BF3N-. The highest BCUT2D eigenvalue weighted by molar-refractivity contribution is 6.60. The highest BCUT2D eigenvalue weighted by Crippen LogP contribution is 2.35. The zero-order chi connectivity index (χ0) is 8.65. The summed E-state index contributed by atoms with van der Waals surface area (Å²) >= 11 is 0. The molecule has 0 aromatic carbocycles. The number of hydrogen-bond donors (Lipinski definition) is 0. The van der Waals surface area contributed by atoms with Gasteiger partial charge < -0.3 is 17.8 Å². The molecule has 1 saturated heterocycles. The molecule has 0 amide bonds. The van der Waals surface area contributed by atoms with Gasteiger partial charge in [-0.05, 0) is 32.8 Å². The Bertz CT molecular complexity index is 139. The van der Waals surface area contributed by atoms with Crippen LogP contribution in [0.15, 0.2) is 0 Å². The van der Waals surface area contributed by atoms with Crippen molar-refractivity contribution in [1.29, 1.82) is 0 Å². The molecule has 0 aliphatic carbocycles. The summed E-state index contributed by atoms with van der Waals surface area (Å²) in [6.07, 6.45) is 0. The topological polar surface area (TPSA) is 3.24 Å². The predicted octanol–water partition coefficient (Wildman–Crippen LogP) is 1.93. The Balaban J connectivity index is 2.30. The fraction of sp³-hybridized carbons (Fsp3) is 1.00. The molecule has 0 aromatic rings. The lowest BCUT2D eigenvalue weighted by atomic mass is 9.67. The van der Waals surface area contributed by atoms with Gasteiger partial charge in [0.1, 0.15) is 0 Å². The maximum atomic E-state index is 12.0. The zero-order valence-electron chi connectivity index (χ0n) is 6.73. The van der Waals surface area contributed by atoms with Crippen LogP contribution in [-0.2, 0) is 0 Å². The van der Waals surface area contributed by atoms with Crippen molar-refractivity contribution in [3.8, 4) is 0 Å². The minimum absolute atomic E-state index is 0.209. The van der Waals surface area contributed by atoms with Gasteiger partial charge in [0.05, 0.1) is 0 Å². The summed E-state index contributed by atoms with van der Waals surface area (Å²) in [5.74, 6) is -1.02. The smallest absolute Gasteiger partial charge is 0.449 e. The average molecular weight is 166 g/mol. The summed E-state index contributed by atoms with van der Waals surface area (Å²) < 4.78 is 35.9. The molecule has 1 rings (SSSR count). The van der Waals surface area contributed by atoms with Crippen LogP contribution in [0.1, 0.15) is 13.8 Å². The molecule has 0 aromatic heterocycles. The second-order valence-electron chi connectivity index (χ2n) is 3.43. The molecule has 5 heteroatoms. The number of hydrogen-bond acceptors (Lipinski definition) is 1. The van der Waals surface area contributed by atoms with E-state index in [-0.39, 0.29) is 19.1 Å². The number of rotatable bonds is 2. The van der Waals surface area contributed by atoms with Crippen LogP contribution in [0.25, 0.3) is 0 Å². The molecule has 11 heavy (non-hydrogen) atoms. The molecule has 0 radical (unpaired) electrons. The predicted molar refractivity (Wildman–Crippen MR) is 39.5 cm³/mol. The van der Waals surface area contributed by atoms with E-state index in [0.717, 1.165) is 0 Å². The fourth-order valence-electron chi connectivity index (χ4n) is 1.21. The lowest BCUT2D eigenvalue weighted by Crippen LogP contribution is -2.53. The van der Waals surface area contributed by atoms with Crippen LogP contribution in [0.5, 0.6) is 0 Å². The van der Waals surface area contributed by atoms with E-state index in [0.29, 0.717) is 0 Å². The van der Waals surface area contributed by atoms with Crippen molar-refractivity contribution >= 4 is 6.98 Å². The number of halogens is 3. The van der Waals surface area contributed by atoms with Crippen LogP contribution in [-0.4, -0.2) is 31.0 Å². The molecule has 0 saturated carbocycles. The highest BCUT2D eigenvalue weighted by atomic mass is 19.4. The van der Waals surface area contributed by atoms with Gasteiger partial charge in [-0.2, -0.15) is 0 Å². The SMILES string of the molecule is CC(C)N1CC([B-](F)(F)F)C1. The molecule has 0 bridgehead atoms. The standard InChI is InChI=1S/C6H12BF3N/c1-5(2)11-3-6(4-11)7(8,9)10/h5-6H,3-4H2,1-2H3/q-1. The third kappa shape index (κ3) is 1.89. The van der Waals surface area contributed by atoms with Gasteiger partial charge in [0.15, 0.2) is 0 Å². The van der Waals surface area contributed by atoms with E-state index < -0.39 is 12.8 Å². The van der Waals surface area contributed by atoms with Gasteiger partial charge in [0.2, 0.25) is 0 Å². The van der Waals surface area contributed by atoms with Gasteiger partial charge in [-0.25, -0.2) is 0 Å². The first-order chi connectivity index (χ1) is 4.91. The molecule has 66 valence electrons. The normalized spacial score (nSPS) is 22.4. The molecule has 0 N–H and O–H groups in total. The molecular weight excluding hydrogens is 154 g/mol. The van der Waals surface area contributed by atoms with E-state index in [1.54, 1.807) is 0 Å². The Kier molecular flexibility index (Phi) is 2.18. The fourth-order valence-corrected chi connectivity index (χ4v) is 1.21. The van der Waals surface area contributed by atoms with E-state index in [4.69, 9.17) is 0 Å². The van der Waals surface area contributed by atoms with Gasteiger partial charge in [0.25, 0.3) is 0 Å². The van der Waals surface area contributed by atoms with Crippen molar-refractivity contribution in [2.75, 3.05) is 13.1 Å². The van der Waals surface area contributed by atoms with E-state index in [1.807, 2.05) is 18.7 Å². The van der Waals surface area contributed by atoms with Crippen LogP contribution in [0.3, 0.4) is 0 Å². The summed E-state index contributed by atoms with van der Waals surface area (Å²) in [5.41, 5.74) is 0. The summed E-state index contributed by atoms with van der Waals surface area (Å²) in [4.78, 5) is 1.83. The van der Waals surface area contributed by atoms with Gasteiger partial charge in [-0.1, -0.05) is 0 Å². The first kappa shape index (κ1) is 8.91. The summed E-state index contributed by atoms with van der Waals surface area (Å²) in [5, 5.41) is 0. The number of nitrogens with zero attached hydrogens (tertiary/aromatic N) is 1. The van der Waals surface area contributed by atoms with Crippen LogP contribution in [0.2, 0.25) is 5.82 Å². The van der Waals surface area contributed by atoms with Crippen molar-refractivity contribution in [3.63, 3.8) is 0 Å². The number of likely N-dealkylation sites (tertiary alicyclic amines) is 1. The lowest BCUT2D eigenvalue weighted by Gasteiger charge is -2.46.